The van der Waals surface area contributed by atoms with Crippen molar-refractivity contribution in [3.8, 4) is 0 Å². The fourth-order valence-electron chi connectivity index (χ4n) is 3.88. The molecule has 1 N–H and O–H groups in total. The molecule has 0 amide bonds. The number of anilines is 1. The maximum absolute atomic E-state index is 3.83. The molecule has 1 saturated carbocycles. The summed E-state index contributed by atoms with van der Waals surface area (Å²) in [6.45, 7) is 13.8. The number of aryl methyl sites for hydroxylation is 1. The number of rotatable bonds is 6. The van der Waals surface area contributed by atoms with Crippen LogP contribution in [-0.4, -0.2) is 25.2 Å². The van der Waals surface area contributed by atoms with Crippen molar-refractivity contribution in [3.05, 3.63) is 29.8 Å². The standard InChI is InChI=1S/C19H32N2/c1-6-14-20-18-17(12-13-19(18,4)5)21(7-2)16-11-9-8-10-15(16)3/h8-11,17-18,20H,6-7,12-14H2,1-5H3. The SMILES string of the molecule is CCCNC1C(N(CC)c2ccccc2C)CCC1(C)C. The van der Waals surface area contributed by atoms with E-state index >= 15 is 0 Å². The minimum Gasteiger partial charge on any atom is -0.367 e. The van der Waals surface area contributed by atoms with E-state index in [1.807, 2.05) is 0 Å². The molecule has 118 valence electrons. The average molecular weight is 288 g/mol. The van der Waals surface area contributed by atoms with Gasteiger partial charge in [0.25, 0.3) is 0 Å². The molecule has 0 saturated heterocycles. The van der Waals surface area contributed by atoms with Crippen LogP contribution in [0.25, 0.3) is 0 Å². The van der Waals surface area contributed by atoms with Gasteiger partial charge in [-0.05, 0) is 56.7 Å². The van der Waals surface area contributed by atoms with E-state index in [1.54, 1.807) is 0 Å². The molecule has 0 heterocycles. The molecule has 1 aliphatic rings. The molecular formula is C19H32N2. The minimum atomic E-state index is 0.385. The second kappa shape index (κ2) is 6.83. The molecule has 1 aromatic rings. The van der Waals surface area contributed by atoms with Crippen LogP contribution < -0.4 is 10.2 Å². The molecule has 0 aromatic heterocycles. The van der Waals surface area contributed by atoms with E-state index in [-0.39, 0.29) is 0 Å². The van der Waals surface area contributed by atoms with E-state index in [2.05, 4.69) is 69.1 Å². The molecule has 0 radical (unpaired) electrons. The summed E-state index contributed by atoms with van der Waals surface area (Å²) in [5.41, 5.74) is 3.18. The van der Waals surface area contributed by atoms with E-state index in [0.717, 1.165) is 13.1 Å². The van der Waals surface area contributed by atoms with Gasteiger partial charge >= 0.3 is 0 Å². The first-order valence-corrected chi connectivity index (χ1v) is 8.57. The fourth-order valence-corrected chi connectivity index (χ4v) is 3.88. The topological polar surface area (TPSA) is 15.3 Å². The smallest absolute Gasteiger partial charge is 0.0448 e. The third kappa shape index (κ3) is 3.42. The normalized spacial score (nSPS) is 24.2. The molecule has 0 bridgehead atoms. The second-order valence-corrected chi connectivity index (χ2v) is 7.10. The monoisotopic (exact) mass is 288 g/mol. The Balaban J connectivity index is 2.26. The highest BCUT2D eigenvalue weighted by molar-refractivity contribution is 5.54. The number of likely N-dealkylation sites (N-methyl/N-ethyl adjacent to an activating group) is 1. The third-order valence-electron chi connectivity index (χ3n) is 5.09. The Morgan fingerprint density at radius 2 is 1.95 bits per heavy atom. The molecule has 2 rings (SSSR count). The molecule has 2 heteroatoms. The van der Waals surface area contributed by atoms with Gasteiger partial charge < -0.3 is 10.2 Å². The van der Waals surface area contributed by atoms with Crippen LogP contribution in [0.3, 0.4) is 0 Å². The van der Waals surface area contributed by atoms with Crippen LogP contribution in [0.5, 0.6) is 0 Å². The zero-order chi connectivity index (χ0) is 15.5. The summed E-state index contributed by atoms with van der Waals surface area (Å²) >= 11 is 0. The number of nitrogens with zero attached hydrogens (tertiary/aromatic N) is 1. The van der Waals surface area contributed by atoms with Crippen LogP contribution in [-0.2, 0) is 0 Å². The summed E-state index contributed by atoms with van der Waals surface area (Å²) in [6.07, 6.45) is 3.80. The Bertz CT molecular complexity index is 453. The molecular weight excluding hydrogens is 256 g/mol. The maximum atomic E-state index is 3.83. The van der Waals surface area contributed by atoms with Gasteiger partial charge in [0, 0.05) is 24.3 Å². The lowest BCUT2D eigenvalue weighted by Gasteiger charge is -2.39. The highest BCUT2D eigenvalue weighted by Gasteiger charge is 2.43. The zero-order valence-electron chi connectivity index (χ0n) is 14.4. The van der Waals surface area contributed by atoms with Crippen LogP contribution in [0.15, 0.2) is 24.3 Å². The average Bonchev–Trinajstić information content (AvgIpc) is 2.75. The van der Waals surface area contributed by atoms with Gasteiger partial charge in [-0.25, -0.2) is 0 Å². The molecule has 1 fully saturated rings. The van der Waals surface area contributed by atoms with Crippen LogP contribution in [0.2, 0.25) is 0 Å². The van der Waals surface area contributed by atoms with Crippen molar-refractivity contribution in [2.75, 3.05) is 18.0 Å². The van der Waals surface area contributed by atoms with Crippen molar-refractivity contribution in [3.63, 3.8) is 0 Å². The molecule has 1 aliphatic carbocycles. The summed E-state index contributed by atoms with van der Waals surface area (Å²) in [6, 6.07) is 10.0. The van der Waals surface area contributed by atoms with Crippen LogP contribution in [0.4, 0.5) is 5.69 Å². The summed E-state index contributed by atoms with van der Waals surface area (Å²) in [7, 11) is 0. The molecule has 0 spiro atoms. The van der Waals surface area contributed by atoms with Crippen LogP contribution in [0.1, 0.15) is 52.5 Å². The van der Waals surface area contributed by atoms with E-state index < -0.39 is 0 Å². The number of hydrogen-bond donors (Lipinski definition) is 1. The first-order chi connectivity index (χ1) is 10.0. The molecule has 0 aliphatic heterocycles. The fraction of sp³-hybridized carbons (Fsp3) is 0.684. The highest BCUT2D eigenvalue weighted by atomic mass is 15.2. The lowest BCUT2D eigenvalue weighted by Crippen LogP contribution is -2.52. The largest absolute Gasteiger partial charge is 0.367 e. The molecule has 2 unspecified atom stereocenters. The van der Waals surface area contributed by atoms with E-state index in [0.29, 0.717) is 17.5 Å². The van der Waals surface area contributed by atoms with Crippen LogP contribution >= 0.6 is 0 Å². The van der Waals surface area contributed by atoms with Crippen molar-refractivity contribution in [2.24, 2.45) is 5.41 Å². The Labute approximate surface area is 130 Å². The Morgan fingerprint density at radius 1 is 1.24 bits per heavy atom. The number of benzene rings is 1. The van der Waals surface area contributed by atoms with E-state index in [9.17, 15) is 0 Å². The molecule has 1 aromatic carbocycles. The number of nitrogens with one attached hydrogen (secondary N) is 1. The van der Waals surface area contributed by atoms with Crippen molar-refractivity contribution in [1.29, 1.82) is 0 Å². The Hall–Kier alpha value is -1.02. The lowest BCUT2D eigenvalue weighted by molar-refractivity contribution is 0.269. The quantitative estimate of drug-likeness (QED) is 0.836. The molecule has 2 atom stereocenters. The van der Waals surface area contributed by atoms with Crippen molar-refractivity contribution < 1.29 is 0 Å². The van der Waals surface area contributed by atoms with Crippen molar-refractivity contribution in [1.82, 2.24) is 5.32 Å². The van der Waals surface area contributed by atoms with Gasteiger partial charge in [-0.1, -0.05) is 39.0 Å². The molecule has 2 nitrogen and oxygen atoms in total. The van der Waals surface area contributed by atoms with Gasteiger partial charge in [0.2, 0.25) is 0 Å². The minimum absolute atomic E-state index is 0.385. The third-order valence-corrected chi connectivity index (χ3v) is 5.09. The van der Waals surface area contributed by atoms with Gasteiger partial charge in [0.15, 0.2) is 0 Å². The first-order valence-electron chi connectivity index (χ1n) is 8.57. The Morgan fingerprint density at radius 3 is 2.57 bits per heavy atom. The maximum Gasteiger partial charge on any atom is 0.0448 e. The summed E-state index contributed by atoms with van der Waals surface area (Å²) < 4.78 is 0. The summed E-state index contributed by atoms with van der Waals surface area (Å²) in [4.78, 5) is 2.62. The Kier molecular flexibility index (Phi) is 5.32. The van der Waals surface area contributed by atoms with Gasteiger partial charge in [0.05, 0.1) is 0 Å². The van der Waals surface area contributed by atoms with Crippen molar-refractivity contribution >= 4 is 5.69 Å². The summed E-state index contributed by atoms with van der Waals surface area (Å²) in [5.74, 6) is 0. The zero-order valence-corrected chi connectivity index (χ0v) is 14.4. The van der Waals surface area contributed by atoms with Crippen molar-refractivity contribution in [2.45, 2.75) is 66.0 Å². The number of para-hydroxylation sites is 1. The summed E-state index contributed by atoms with van der Waals surface area (Å²) in [5, 5.41) is 3.83. The highest BCUT2D eigenvalue weighted by Crippen LogP contribution is 2.41. The molecule has 21 heavy (non-hydrogen) atoms. The number of hydrogen-bond acceptors (Lipinski definition) is 2. The van der Waals surface area contributed by atoms with E-state index in [1.165, 1.54) is 30.5 Å². The second-order valence-electron chi connectivity index (χ2n) is 7.10. The van der Waals surface area contributed by atoms with Gasteiger partial charge in [-0.15, -0.1) is 0 Å². The first kappa shape index (κ1) is 16.4. The van der Waals surface area contributed by atoms with Gasteiger partial charge in [-0.3, -0.25) is 0 Å². The van der Waals surface area contributed by atoms with E-state index in [4.69, 9.17) is 0 Å². The predicted octanol–water partition coefficient (Wildman–Crippen LogP) is 4.38. The van der Waals surface area contributed by atoms with Gasteiger partial charge in [-0.2, -0.15) is 0 Å². The lowest BCUT2D eigenvalue weighted by atomic mass is 9.86. The van der Waals surface area contributed by atoms with Gasteiger partial charge in [0.1, 0.15) is 0 Å². The van der Waals surface area contributed by atoms with Crippen LogP contribution in [0, 0.1) is 12.3 Å². The predicted molar refractivity (Wildman–Crippen MR) is 93.1 cm³/mol.